The van der Waals surface area contributed by atoms with Crippen LogP contribution in [0.5, 0.6) is 0 Å². The Labute approximate surface area is 283 Å². The maximum atomic E-state index is 12.6. The molecular formula is C38H54O10. The number of carbonyl (C=O) groups is 2. The summed E-state index contributed by atoms with van der Waals surface area (Å²) in [4.78, 5) is 25.2. The lowest BCUT2D eigenvalue weighted by molar-refractivity contribution is -0.459. The Morgan fingerprint density at radius 2 is 1.10 bits per heavy atom. The third-order valence-corrected chi connectivity index (χ3v) is 10.4. The summed E-state index contributed by atoms with van der Waals surface area (Å²) in [5, 5.41) is 67.5. The van der Waals surface area contributed by atoms with Gasteiger partial charge in [0.1, 0.15) is 22.9 Å². The van der Waals surface area contributed by atoms with E-state index in [9.17, 15) is 40.2 Å². The first-order valence-electron chi connectivity index (χ1n) is 17.7. The van der Waals surface area contributed by atoms with E-state index in [-0.39, 0.29) is 16.7 Å². The lowest BCUT2D eigenvalue weighted by Crippen LogP contribution is -2.99. The van der Waals surface area contributed by atoms with E-state index in [1.807, 2.05) is 0 Å². The van der Waals surface area contributed by atoms with Crippen LogP contribution in [0.15, 0.2) is 48.5 Å². The molecule has 266 valence electrons. The summed E-state index contributed by atoms with van der Waals surface area (Å²) in [6, 6.07) is 11.8. The fourth-order valence-electron chi connectivity index (χ4n) is 7.72. The minimum Gasteiger partial charge on any atom is -0.462 e. The van der Waals surface area contributed by atoms with Crippen molar-refractivity contribution in [2.24, 2.45) is 0 Å². The number of rotatable bonds is 20. The maximum absolute atomic E-state index is 12.6. The summed E-state index contributed by atoms with van der Waals surface area (Å²) in [5.41, 5.74) is -6.16. The van der Waals surface area contributed by atoms with Crippen molar-refractivity contribution in [1.82, 2.24) is 0 Å². The van der Waals surface area contributed by atoms with Gasteiger partial charge < -0.3 is 40.1 Å². The van der Waals surface area contributed by atoms with Crippen LogP contribution in [0.25, 0.3) is 0 Å². The zero-order valence-corrected chi connectivity index (χ0v) is 28.4. The molecule has 2 aliphatic rings. The van der Waals surface area contributed by atoms with Gasteiger partial charge in [-0.05, 0) is 48.2 Å². The Balaban J connectivity index is 1.43. The molecule has 0 radical (unpaired) electrons. The van der Waals surface area contributed by atoms with Crippen molar-refractivity contribution >= 4 is 11.9 Å². The molecule has 6 N–H and O–H groups in total. The molecule has 0 bridgehead atoms. The van der Waals surface area contributed by atoms with Crippen LogP contribution in [0, 0.1) is 0 Å². The summed E-state index contributed by atoms with van der Waals surface area (Å²) < 4.78 is 10.8. The van der Waals surface area contributed by atoms with Crippen molar-refractivity contribution in [3.63, 3.8) is 0 Å². The Hall–Kier alpha value is -2.86. The van der Waals surface area contributed by atoms with Crippen LogP contribution < -0.4 is 0 Å². The van der Waals surface area contributed by atoms with Gasteiger partial charge in [0.2, 0.25) is 0 Å². The largest absolute Gasteiger partial charge is 0.462 e. The standard InChI is InChI=1S/C38H54O10/c1-3-5-7-9-11-13-23-47-34(42)28-19-15-26(16-20-28)31-33(41)37(45)32(36(44,30(40)25-39)38(31,37)46)27-17-21-29(22-18-27)35(43)48-24-14-12-10-8-6-4-2/h15-22,30-33,39-41,44-46H,3-14,23-25H2,1-2H3/t30-,31?,32?,33?,36+,37+,38+/m1/s1. The van der Waals surface area contributed by atoms with Crippen LogP contribution in [0.3, 0.4) is 0 Å². The van der Waals surface area contributed by atoms with Crippen LogP contribution in [0.4, 0.5) is 0 Å². The first-order chi connectivity index (χ1) is 23.0. The van der Waals surface area contributed by atoms with Crippen LogP contribution in [0.1, 0.15) is 135 Å². The van der Waals surface area contributed by atoms with Crippen molar-refractivity contribution in [2.45, 2.75) is 132 Å². The molecule has 2 aliphatic carbocycles. The minimum atomic E-state index is -2.48. The first-order valence-corrected chi connectivity index (χ1v) is 17.7. The predicted molar refractivity (Wildman–Crippen MR) is 180 cm³/mol. The molecule has 2 aromatic rings. The highest BCUT2D eigenvalue weighted by Crippen LogP contribution is 2.75. The molecule has 2 aromatic carbocycles. The van der Waals surface area contributed by atoms with Crippen LogP contribution in [0.2, 0.25) is 0 Å². The number of hydrogen-bond acceptors (Lipinski definition) is 10. The smallest absolute Gasteiger partial charge is 0.338 e. The minimum absolute atomic E-state index is 0.241. The topological polar surface area (TPSA) is 174 Å². The van der Waals surface area contributed by atoms with Crippen LogP contribution in [-0.4, -0.2) is 91.4 Å². The quantitative estimate of drug-likeness (QED) is 0.0868. The highest BCUT2D eigenvalue weighted by atomic mass is 16.5. The number of benzene rings is 2. The Morgan fingerprint density at radius 1 is 0.688 bits per heavy atom. The third-order valence-electron chi connectivity index (χ3n) is 10.4. The second-order valence-electron chi connectivity index (χ2n) is 13.5. The fourth-order valence-corrected chi connectivity index (χ4v) is 7.72. The van der Waals surface area contributed by atoms with E-state index in [0.717, 1.165) is 64.2 Å². The van der Waals surface area contributed by atoms with E-state index in [1.54, 1.807) is 0 Å². The number of aliphatic hydroxyl groups is 6. The SMILES string of the molecule is CCCCCCCCOC(=O)c1ccc(C2C(O)[C@@]3(O)C(c4ccc(C(=O)OCCCCCCCC)cc4)[C@@](O)([C@H](O)CO)[C@@]23O)cc1. The second-order valence-corrected chi connectivity index (χ2v) is 13.5. The number of ether oxygens (including phenoxy) is 2. The first kappa shape index (κ1) is 38.0. The molecule has 0 amide bonds. The summed E-state index contributed by atoms with van der Waals surface area (Å²) >= 11 is 0. The fraction of sp³-hybridized carbons (Fsp3) is 0.632. The molecule has 0 heterocycles. The summed E-state index contributed by atoms with van der Waals surface area (Å²) in [6.07, 6.45) is 9.21. The van der Waals surface area contributed by atoms with Gasteiger partial charge in [-0.1, -0.05) is 102 Å². The van der Waals surface area contributed by atoms with Crippen molar-refractivity contribution in [1.29, 1.82) is 0 Å². The number of unbranched alkanes of at least 4 members (excludes halogenated alkanes) is 10. The van der Waals surface area contributed by atoms with E-state index in [2.05, 4.69) is 13.8 Å². The van der Waals surface area contributed by atoms with Crippen LogP contribution in [-0.2, 0) is 9.47 Å². The number of hydrogen-bond donors (Lipinski definition) is 6. The molecule has 0 aliphatic heterocycles. The Kier molecular flexibility index (Phi) is 13.2. The van der Waals surface area contributed by atoms with E-state index >= 15 is 0 Å². The van der Waals surface area contributed by atoms with Gasteiger partial charge in [0.15, 0.2) is 0 Å². The average Bonchev–Trinajstić information content (AvgIpc) is 3.10. The van der Waals surface area contributed by atoms with E-state index in [4.69, 9.17) is 9.47 Å². The van der Waals surface area contributed by atoms with E-state index < -0.39 is 59.4 Å². The predicted octanol–water partition coefficient (Wildman–Crippen LogP) is 4.52. The van der Waals surface area contributed by atoms with Crippen molar-refractivity contribution in [3.8, 4) is 0 Å². The molecule has 10 nitrogen and oxygen atoms in total. The van der Waals surface area contributed by atoms with Gasteiger partial charge in [0, 0.05) is 5.92 Å². The van der Waals surface area contributed by atoms with Crippen molar-refractivity contribution in [2.75, 3.05) is 19.8 Å². The lowest BCUT2D eigenvalue weighted by Gasteiger charge is -2.80. The Bertz CT molecular complexity index is 1330. The molecule has 2 fully saturated rings. The molecule has 0 spiro atoms. The Morgan fingerprint density at radius 3 is 1.54 bits per heavy atom. The van der Waals surface area contributed by atoms with Gasteiger partial charge in [-0.15, -0.1) is 0 Å². The van der Waals surface area contributed by atoms with Crippen molar-refractivity contribution in [3.05, 3.63) is 70.8 Å². The highest BCUT2D eigenvalue weighted by molar-refractivity contribution is 5.90. The lowest BCUT2D eigenvalue weighted by atomic mass is 9.30. The maximum Gasteiger partial charge on any atom is 0.338 e. The molecule has 10 heteroatoms. The molecular weight excluding hydrogens is 616 g/mol. The molecule has 4 rings (SSSR count). The number of carbonyl (C=O) groups excluding carboxylic acids is 2. The molecule has 7 atom stereocenters. The number of fused-ring (bicyclic) bond motifs is 1. The van der Waals surface area contributed by atoms with Gasteiger partial charge in [0.05, 0.1) is 43.0 Å². The summed E-state index contributed by atoms with van der Waals surface area (Å²) in [6.45, 7) is 3.97. The molecule has 48 heavy (non-hydrogen) atoms. The number of aliphatic hydroxyl groups excluding tert-OH is 3. The third kappa shape index (κ3) is 6.93. The molecule has 0 saturated heterocycles. The van der Waals surface area contributed by atoms with Crippen LogP contribution >= 0.6 is 0 Å². The molecule has 2 saturated carbocycles. The zero-order valence-electron chi connectivity index (χ0n) is 28.4. The second kappa shape index (κ2) is 16.7. The zero-order chi connectivity index (χ0) is 35.0. The molecule has 0 aromatic heterocycles. The van der Waals surface area contributed by atoms with Gasteiger partial charge in [-0.2, -0.15) is 0 Å². The van der Waals surface area contributed by atoms with Gasteiger partial charge in [-0.25, -0.2) is 9.59 Å². The van der Waals surface area contributed by atoms with Gasteiger partial charge >= 0.3 is 11.9 Å². The highest BCUT2D eigenvalue weighted by Gasteiger charge is 2.93. The normalized spacial score (nSPS) is 28.1. The monoisotopic (exact) mass is 670 g/mol. The summed E-state index contributed by atoms with van der Waals surface area (Å²) in [5.74, 6) is -3.70. The summed E-state index contributed by atoms with van der Waals surface area (Å²) in [7, 11) is 0. The molecule has 3 unspecified atom stereocenters. The number of esters is 2. The van der Waals surface area contributed by atoms with E-state index in [1.165, 1.54) is 61.4 Å². The van der Waals surface area contributed by atoms with Crippen molar-refractivity contribution < 1.29 is 49.7 Å². The van der Waals surface area contributed by atoms with E-state index in [0.29, 0.717) is 18.8 Å². The van der Waals surface area contributed by atoms with Gasteiger partial charge in [0.25, 0.3) is 0 Å². The average molecular weight is 671 g/mol. The van der Waals surface area contributed by atoms with Gasteiger partial charge in [-0.3, -0.25) is 0 Å².